The van der Waals surface area contributed by atoms with Gasteiger partial charge in [0.15, 0.2) is 0 Å². The molecule has 0 spiro atoms. The SMILES string of the molecule is CCCC1=C(CCC)C(CCC)c2cc(CCC)c(CCC)c(CCC)c21. The van der Waals surface area contributed by atoms with E-state index in [-0.39, 0.29) is 0 Å². The first-order valence-electron chi connectivity index (χ1n) is 12.1. The Hall–Kier alpha value is -1.04. The normalized spacial score (nSPS) is 16.3. The lowest BCUT2D eigenvalue weighted by molar-refractivity contribution is 0.662. The molecule has 0 heterocycles. The van der Waals surface area contributed by atoms with Crippen LogP contribution in [0, 0.1) is 0 Å². The third-order valence-corrected chi connectivity index (χ3v) is 6.27. The minimum absolute atomic E-state index is 0.702. The van der Waals surface area contributed by atoms with E-state index in [0.29, 0.717) is 5.92 Å². The second-order valence-electron chi connectivity index (χ2n) is 8.55. The van der Waals surface area contributed by atoms with E-state index in [1.54, 1.807) is 33.4 Å². The zero-order valence-electron chi connectivity index (χ0n) is 19.1. The lowest BCUT2D eigenvalue weighted by Gasteiger charge is -2.22. The Morgan fingerprint density at radius 3 is 1.78 bits per heavy atom. The summed E-state index contributed by atoms with van der Waals surface area (Å²) in [4.78, 5) is 0. The Balaban J connectivity index is 2.76. The molecule has 1 aliphatic rings. The van der Waals surface area contributed by atoms with Crippen LogP contribution in [0.4, 0.5) is 0 Å². The molecule has 27 heavy (non-hydrogen) atoms. The first-order chi connectivity index (χ1) is 13.2. The Labute approximate surface area is 169 Å². The van der Waals surface area contributed by atoms with Crippen molar-refractivity contribution in [1.82, 2.24) is 0 Å². The van der Waals surface area contributed by atoms with Crippen molar-refractivity contribution in [3.05, 3.63) is 39.5 Å². The number of hydrogen-bond donors (Lipinski definition) is 0. The molecule has 0 aliphatic heterocycles. The van der Waals surface area contributed by atoms with Crippen molar-refractivity contribution in [2.45, 2.75) is 125 Å². The van der Waals surface area contributed by atoms with Crippen LogP contribution in [0.15, 0.2) is 11.6 Å². The maximum atomic E-state index is 2.67. The summed E-state index contributed by atoms with van der Waals surface area (Å²) in [5, 5.41) is 0. The van der Waals surface area contributed by atoms with Crippen LogP contribution < -0.4 is 0 Å². The van der Waals surface area contributed by atoms with E-state index in [4.69, 9.17) is 0 Å². The molecule has 152 valence electrons. The highest BCUT2D eigenvalue weighted by molar-refractivity contribution is 5.82. The Bertz CT molecular complexity index is 632. The number of rotatable bonds is 12. The standard InChI is InChI=1S/C27H44/c1-7-13-20-19-26-23(16-10-4)22(15-9-3)25(18-12-6)27(26)24(17-11-5)21(20)14-8-2/h19,23H,7-18H2,1-6H3. The van der Waals surface area contributed by atoms with Gasteiger partial charge >= 0.3 is 0 Å². The van der Waals surface area contributed by atoms with Gasteiger partial charge in [-0.3, -0.25) is 0 Å². The van der Waals surface area contributed by atoms with E-state index in [9.17, 15) is 0 Å². The Morgan fingerprint density at radius 1 is 0.630 bits per heavy atom. The minimum Gasteiger partial charge on any atom is -0.0653 e. The highest BCUT2D eigenvalue weighted by Crippen LogP contribution is 2.50. The van der Waals surface area contributed by atoms with Crippen molar-refractivity contribution in [2.75, 3.05) is 0 Å². The summed E-state index contributed by atoms with van der Waals surface area (Å²) in [6, 6.07) is 2.67. The molecular weight excluding hydrogens is 324 g/mol. The Kier molecular flexibility index (Phi) is 9.13. The van der Waals surface area contributed by atoms with E-state index in [2.05, 4.69) is 47.6 Å². The molecular formula is C27H44. The fourth-order valence-electron chi connectivity index (χ4n) is 5.38. The van der Waals surface area contributed by atoms with Gasteiger partial charge in [-0.2, -0.15) is 0 Å². The maximum absolute atomic E-state index is 2.67. The van der Waals surface area contributed by atoms with Gasteiger partial charge in [0.25, 0.3) is 0 Å². The number of fused-ring (bicyclic) bond motifs is 1. The van der Waals surface area contributed by atoms with Gasteiger partial charge in [-0.15, -0.1) is 0 Å². The number of allylic oxidation sites excluding steroid dienone is 2. The monoisotopic (exact) mass is 368 g/mol. The molecule has 1 unspecified atom stereocenters. The summed E-state index contributed by atoms with van der Waals surface area (Å²) in [6.45, 7) is 14.1. The summed E-state index contributed by atoms with van der Waals surface area (Å²) in [5.41, 5.74) is 12.2. The molecule has 1 aromatic rings. The molecule has 0 saturated heterocycles. The van der Waals surface area contributed by atoms with E-state index in [1.807, 2.05) is 5.57 Å². The third-order valence-electron chi connectivity index (χ3n) is 6.27. The van der Waals surface area contributed by atoms with E-state index >= 15 is 0 Å². The van der Waals surface area contributed by atoms with Gasteiger partial charge in [-0.1, -0.05) is 91.7 Å². The molecule has 0 heteroatoms. The first-order valence-corrected chi connectivity index (χ1v) is 12.1. The van der Waals surface area contributed by atoms with Gasteiger partial charge < -0.3 is 0 Å². The van der Waals surface area contributed by atoms with Crippen LogP contribution in [0.3, 0.4) is 0 Å². The van der Waals surface area contributed by atoms with Crippen LogP contribution in [-0.2, 0) is 19.3 Å². The summed E-state index contributed by atoms with van der Waals surface area (Å²) in [6.07, 6.45) is 15.3. The third kappa shape index (κ3) is 4.69. The van der Waals surface area contributed by atoms with Gasteiger partial charge in [-0.05, 0) is 71.9 Å². The van der Waals surface area contributed by atoms with Crippen LogP contribution in [0.1, 0.15) is 133 Å². The van der Waals surface area contributed by atoms with Crippen molar-refractivity contribution in [1.29, 1.82) is 0 Å². The quantitative estimate of drug-likeness (QED) is 0.346. The molecule has 0 amide bonds. The smallest absolute Gasteiger partial charge is 0.00603 e. The van der Waals surface area contributed by atoms with Gasteiger partial charge in [0, 0.05) is 5.92 Å². The summed E-state index contributed by atoms with van der Waals surface area (Å²) in [7, 11) is 0. The van der Waals surface area contributed by atoms with E-state index in [0.717, 1.165) is 0 Å². The summed E-state index contributed by atoms with van der Waals surface area (Å²) in [5.74, 6) is 0.702. The summed E-state index contributed by atoms with van der Waals surface area (Å²) >= 11 is 0. The van der Waals surface area contributed by atoms with Crippen LogP contribution >= 0.6 is 0 Å². The molecule has 0 N–H and O–H groups in total. The lowest BCUT2D eigenvalue weighted by atomic mass is 9.82. The minimum atomic E-state index is 0.702. The number of benzene rings is 1. The number of aryl methyl sites for hydroxylation is 1. The van der Waals surface area contributed by atoms with Crippen molar-refractivity contribution < 1.29 is 0 Å². The summed E-state index contributed by atoms with van der Waals surface area (Å²) < 4.78 is 0. The molecule has 0 bridgehead atoms. The molecule has 1 aliphatic carbocycles. The fourth-order valence-corrected chi connectivity index (χ4v) is 5.38. The molecule has 1 aromatic carbocycles. The molecule has 0 aromatic heterocycles. The van der Waals surface area contributed by atoms with Crippen LogP contribution in [0.5, 0.6) is 0 Å². The van der Waals surface area contributed by atoms with Gasteiger partial charge in [-0.25, -0.2) is 0 Å². The largest absolute Gasteiger partial charge is 0.0653 e. The van der Waals surface area contributed by atoms with Crippen LogP contribution in [0.25, 0.3) is 5.57 Å². The maximum Gasteiger partial charge on any atom is 0.00603 e. The lowest BCUT2D eigenvalue weighted by Crippen LogP contribution is -2.08. The topological polar surface area (TPSA) is 0 Å². The molecule has 0 nitrogen and oxygen atoms in total. The predicted octanol–water partition coefficient (Wildman–Crippen LogP) is 8.80. The van der Waals surface area contributed by atoms with Crippen molar-refractivity contribution >= 4 is 5.57 Å². The van der Waals surface area contributed by atoms with Gasteiger partial charge in [0.2, 0.25) is 0 Å². The van der Waals surface area contributed by atoms with Crippen molar-refractivity contribution in [2.24, 2.45) is 0 Å². The van der Waals surface area contributed by atoms with Gasteiger partial charge in [0.05, 0.1) is 0 Å². The van der Waals surface area contributed by atoms with Crippen LogP contribution in [0.2, 0.25) is 0 Å². The predicted molar refractivity (Wildman–Crippen MR) is 123 cm³/mol. The zero-order valence-corrected chi connectivity index (χ0v) is 19.1. The van der Waals surface area contributed by atoms with E-state index in [1.165, 1.54) is 77.0 Å². The molecule has 0 saturated carbocycles. The Morgan fingerprint density at radius 2 is 1.22 bits per heavy atom. The second-order valence-corrected chi connectivity index (χ2v) is 8.55. The second kappa shape index (κ2) is 11.1. The van der Waals surface area contributed by atoms with Crippen LogP contribution in [-0.4, -0.2) is 0 Å². The average molecular weight is 369 g/mol. The van der Waals surface area contributed by atoms with Gasteiger partial charge in [0.1, 0.15) is 0 Å². The molecule has 1 atom stereocenters. The zero-order chi connectivity index (χ0) is 19.8. The highest BCUT2D eigenvalue weighted by atomic mass is 14.4. The highest BCUT2D eigenvalue weighted by Gasteiger charge is 2.33. The average Bonchev–Trinajstić information content (AvgIpc) is 2.92. The fraction of sp³-hybridized carbons (Fsp3) is 0.704. The van der Waals surface area contributed by atoms with Crippen molar-refractivity contribution in [3.63, 3.8) is 0 Å². The van der Waals surface area contributed by atoms with E-state index < -0.39 is 0 Å². The van der Waals surface area contributed by atoms with Crippen molar-refractivity contribution in [3.8, 4) is 0 Å². The molecule has 2 rings (SSSR count). The molecule has 0 radical (unpaired) electrons. The number of hydrogen-bond acceptors (Lipinski definition) is 0. The first kappa shape index (κ1) is 22.3. The molecule has 0 fully saturated rings.